The van der Waals surface area contributed by atoms with E-state index in [4.69, 9.17) is 5.73 Å². The molecule has 15 heavy (non-hydrogen) atoms. The van der Waals surface area contributed by atoms with Crippen molar-refractivity contribution in [3.05, 3.63) is 35.2 Å². The molecule has 1 saturated carbocycles. The van der Waals surface area contributed by atoms with Crippen molar-refractivity contribution in [1.29, 1.82) is 0 Å². The monoisotopic (exact) mass is 219 g/mol. The molecule has 1 aromatic heterocycles. The summed E-state index contributed by atoms with van der Waals surface area (Å²) < 4.78 is 1.22. The van der Waals surface area contributed by atoms with Crippen LogP contribution < -0.4 is 5.73 Å². The van der Waals surface area contributed by atoms with Crippen molar-refractivity contribution in [2.24, 2.45) is 5.73 Å². The average Bonchev–Trinajstić information content (AvgIpc) is 2.87. The summed E-state index contributed by atoms with van der Waals surface area (Å²) in [6, 6.07) is 8.15. The molecule has 1 aromatic carbocycles. The number of hydrogen-bond donors (Lipinski definition) is 2. The lowest BCUT2D eigenvalue weighted by molar-refractivity contribution is 0.138. The molecule has 3 N–H and O–H groups in total. The van der Waals surface area contributed by atoms with Gasteiger partial charge in [-0.2, -0.15) is 0 Å². The summed E-state index contributed by atoms with van der Waals surface area (Å²) in [6.45, 7) is 0. The van der Waals surface area contributed by atoms with Crippen molar-refractivity contribution in [2.75, 3.05) is 0 Å². The first-order valence-electron chi connectivity index (χ1n) is 5.14. The van der Waals surface area contributed by atoms with E-state index in [9.17, 15) is 5.11 Å². The maximum Gasteiger partial charge on any atom is 0.0983 e. The molecule has 1 aliphatic rings. The molecule has 1 fully saturated rings. The summed E-state index contributed by atoms with van der Waals surface area (Å²) in [5, 5.41) is 13.4. The van der Waals surface area contributed by atoms with E-state index in [1.165, 1.54) is 4.70 Å². The van der Waals surface area contributed by atoms with Gasteiger partial charge in [-0.25, -0.2) is 0 Å². The lowest BCUT2D eigenvalue weighted by Gasteiger charge is -2.16. The van der Waals surface area contributed by atoms with E-state index >= 15 is 0 Å². The third-order valence-corrected chi connectivity index (χ3v) is 4.16. The van der Waals surface area contributed by atoms with Crippen LogP contribution in [0.2, 0.25) is 0 Å². The third kappa shape index (κ3) is 1.39. The first-order chi connectivity index (χ1) is 7.21. The Morgan fingerprint density at radius 2 is 2.07 bits per heavy atom. The normalized spacial score (nSPS) is 20.4. The second-order valence-electron chi connectivity index (χ2n) is 4.32. The van der Waals surface area contributed by atoms with Crippen LogP contribution in [0.15, 0.2) is 29.6 Å². The lowest BCUT2D eigenvalue weighted by Crippen LogP contribution is -2.30. The zero-order chi connectivity index (χ0) is 10.5. The second-order valence-corrected chi connectivity index (χ2v) is 5.23. The van der Waals surface area contributed by atoms with Crippen molar-refractivity contribution >= 4 is 21.4 Å². The van der Waals surface area contributed by atoms with Crippen LogP contribution in [-0.2, 0) is 0 Å². The van der Waals surface area contributed by atoms with E-state index in [-0.39, 0.29) is 5.54 Å². The predicted molar refractivity (Wildman–Crippen MR) is 62.9 cm³/mol. The lowest BCUT2D eigenvalue weighted by atomic mass is 10.0. The largest absolute Gasteiger partial charge is 0.386 e. The Hall–Kier alpha value is -0.900. The topological polar surface area (TPSA) is 46.2 Å². The molecule has 1 atom stereocenters. The highest BCUT2D eigenvalue weighted by Gasteiger charge is 2.46. The Kier molecular flexibility index (Phi) is 1.89. The van der Waals surface area contributed by atoms with Gasteiger partial charge in [0.1, 0.15) is 0 Å². The van der Waals surface area contributed by atoms with Crippen LogP contribution in [0.4, 0.5) is 0 Å². The fraction of sp³-hybridized carbons (Fsp3) is 0.333. The van der Waals surface area contributed by atoms with Gasteiger partial charge in [0, 0.05) is 15.8 Å². The van der Waals surface area contributed by atoms with Gasteiger partial charge in [0.2, 0.25) is 0 Å². The summed E-state index contributed by atoms with van der Waals surface area (Å²) >= 11 is 1.67. The standard InChI is InChI=1S/C12H13NOS/c13-12(5-6-12)11(14)9-7-15-10-4-2-1-3-8(9)10/h1-4,7,11,14H,5-6,13H2. The van der Waals surface area contributed by atoms with Crippen molar-refractivity contribution in [3.63, 3.8) is 0 Å². The number of benzene rings is 1. The number of fused-ring (bicyclic) bond motifs is 1. The zero-order valence-electron chi connectivity index (χ0n) is 8.31. The maximum atomic E-state index is 10.2. The highest BCUT2D eigenvalue weighted by molar-refractivity contribution is 7.17. The van der Waals surface area contributed by atoms with Gasteiger partial charge >= 0.3 is 0 Å². The van der Waals surface area contributed by atoms with Crippen LogP contribution in [0.3, 0.4) is 0 Å². The molecule has 1 unspecified atom stereocenters. The van der Waals surface area contributed by atoms with Crippen LogP contribution in [-0.4, -0.2) is 10.6 Å². The van der Waals surface area contributed by atoms with E-state index in [0.717, 1.165) is 23.8 Å². The molecule has 0 radical (unpaired) electrons. The van der Waals surface area contributed by atoms with Gasteiger partial charge in [-0.15, -0.1) is 11.3 Å². The fourth-order valence-corrected chi connectivity index (χ4v) is 2.92. The van der Waals surface area contributed by atoms with Crippen molar-refractivity contribution in [1.82, 2.24) is 0 Å². The number of rotatable bonds is 2. The Morgan fingerprint density at radius 1 is 1.33 bits per heavy atom. The molecule has 0 spiro atoms. The van der Waals surface area contributed by atoms with Gasteiger partial charge in [-0.1, -0.05) is 18.2 Å². The molecule has 0 bridgehead atoms. The second kappa shape index (κ2) is 3.04. The Labute approximate surface area is 92.3 Å². The van der Waals surface area contributed by atoms with E-state index in [1.807, 2.05) is 17.5 Å². The van der Waals surface area contributed by atoms with Gasteiger partial charge in [0.25, 0.3) is 0 Å². The smallest absolute Gasteiger partial charge is 0.0983 e. The van der Waals surface area contributed by atoms with Crippen LogP contribution in [0.25, 0.3) is 10.1 Å². The third-order valence-electron chi connectivity index (χ3n) is 3.18. The number of aliphatic hydroxyl groups is 1. The number of hydrogen-bond acceptors (Lipinski definition) is 3. The molecule has 3 heteroatoms. The van der Waals surface area contributed by atoms with E-state index in [0.29, 0.717) is 0 Å². The molecule has 2 nitrogen and oxygen atoms in total. The molecule has 78 valence electrons. The highest BCUT2D eigenvalue weighted by Crippen LogP contribution is 2.46. The van der Waals surface area contributed by atoms with Gasteiger partial charge < -0.3 is 10.8 Å². The predicted octanol–water partition coefficient (Wildman–Crippen LogP) is 2.43. The number of nitrogens with two attached hydrogens (primary N) is 1. The minimum Gasteiger partial charge on any atom is -0.386 e. The molecule has 0 saturated heterocycles. The van der Waals surface area contributed by atoms with Crippen molar-refractivity contribution in [2.45, 2.75) is 24.5 Å². The molecular weight excluding hydrogens is 206 g/mol. The van der Waals surface area contributed by atoms with E-state index in [1.54, 1.807) is 11.3 Å². The minimum absolute atomic E-state index is 0.357. The van der Waals surface area contributed by atoms with Crippen LogP contribution in [0.5, 0.6) is 0 Å². The summed E-state index contributed by atoms with van der Waals surface area (Å²) in [4.78, 5) is 0. The van der Waals surface area contributed by atoms with Gasteiger partial charge in [0.05, 0.1) is 6.10 Å². The maximum absolute atomic E-state index is 10.2. The number of aliphatic hydroxyl groups excluding tert-OH is 1. The Bertz CT molecular complexity index is 501. The molecule has 0 aliphatic heterocycles. The van der Waals surface area contributed by atoms with Gasteiger partial charge in [-0.05, 0) is 29.7 Å². The molecule has 1 heterocycles. The SMILES string of the molecule is NC1(C(O)c2csc3ccccc23)CC1. The Morgan fingerprint density at radius 3 is 2.80 bits per heavy atom. The van der Waals surface area contributed by atoms with Crippen LogP contribution >= 0.6 is 11.3 Å². The minimum atomic E-state index is -0.506. The van der Waals surface area contributed by atoms with Gasteiger partial charge in [-0.3, -0.25) is 0 Å². The molecule has 3 rings (SSSR count). The molecular formula is C12H13NOS. The molecule has 1 aliphatic carbocycles. The van der Waals surface area contributed by atoms with Gasteiger partial charge in [0.15, 0.2) is 0 Å². The molecule has 0 amide bonds. The molecule has 2 aromatic rings. The fourth-order valence-electron chi connectivity index (χ4n) is 1.94. The summed E-state index contributed by atoms with van der Waals surface area (Å²) in [6.07, 6.45) is 1.35. The summed E-state index contributed by atoms with van der Waals surface area (Å²) in [7, 11) is 0. The summed E-state index contributed by atoms with van der Waals surface area (Å²) in [5.41, 5.74) is 6.67. The quantitative estimate of drug-likeness (QED) is 0.815. The zero-order valence-corrected chi connectivity index (χ0v) is 9.13. The Balaban J connectivity index is 2.11. The first-order valence-corrected chi connectivity index (χ1v) is 6.02. The van der Waals surface area contributed by atoms with Crippen molar-refractivity contribution in [3.8, 4) is 0 Å². The highest BCUT2D eigenvalue weighted by atomic mass is 32.1. The van der Waals surface area contributed by atoms with Crippen molar-refractivity contribution < 1.29 is 5.11 Å². The first kappa shape index (κ1) is 9.33. The number of thiophene rings is 1. The van der Waals surface area contributed by atoms with E-state index < -0.39 is 6.10 Å². The average molecular weight is 219 g/mol. The van der Waals surface area contributed by atoms with E-state index in [2.05, 4.69) is 12.1 Å². The van der Waals surface area contributed by atoms with Crippen LogP contribution in [0, 0.1) is 0 Å². The summed E-state index contributed by atoms with van der Waals surface area (Å²) in [5.74, 6) is 0. The van der Waals surface area contributed by atoms with Crippen LogP contribution in [0.1, 0.15) is 24.5 Å².